The second-order valence-electron chi connectivity index (χ2n) is 9.05. The Labute approximate surface area is 193 Å². The molecule has 7 heteroatoms. The van der Waals surface area contributed by atoms with Crippen LogP contribution >= 0.6 is 23.2 Å². The summed E-state index contributed by atoms with van der Waals surface area (Å²) in [4.78, 5) is 28.8. The molecule has 2 aliphatic rings. The summed E-state index contributed by atoms with van der Waals surface area (Å²) in [5.74, 6) is -0.280. The molecular formula is C24H27Cl2N3O2. The predicted octanol–water partition coefficient (Wildman–Crippen LogP) is 4.44. The van der Waals surface area contributed by atoms with Gasteiger partial charge in [0.15, 0.2) is 0 Å². The SMILES string of the molecule is CC(C)CC1NC(C(=O)N(C)C)C(c2ccccc2)C12C(=O)Nc1c2ccc(Cl)c1Cl. The monoisotopic (exact) mass is 459 g/mol. The Hall–Kier alpha value is -2.08. The summed E-state index contributed by atoms with van der Waals surface area (Å²) in [5.41, 5.74) is 1.31. The number of likely N-dealkylation sites (N-methyl/N-ethyl adjacent to an activating group) is 1. The lowest BCUT2D eigenvalue weighted by Gasteiger charge is -2.36. The van der Waals surface area contributed by atoms with Crippen LogP contribution in [-0.2, 0) is 15.0 Å². The summed E-state index contributed by atoms with van der Waals surface area (Å²) in [6.45, 7) is 4.24. The Morgan fingerprint density at radius 1 is 1.13 bits per heavy atom. The molecule has 4 rings (SSSR count). The van der Waals surface area contributed by atoms with Gasteiger partial charge in [-0.2, -0.15) is 0 Å². The topological polar surface area (TPSA) is 61.4 Å². The molecule has 0 saturated carbocycles. The molecule has 31 heavy (non-hydrogen) atoms. The molecule has 5 nitrogen and oxygen atoms in total. The van der Waals surface area contributed by atoms with Gasteiger partial charge >= 0.3 is 0 Å². The van der Waals surface area contributed by atoms with Crippen molar-refractivity contribution in [2.24, 2.45) is 5.92 Å². The molecule has 0 bridgehead atoms. The smallest absolute Gasteiger partial charge is 0.239 e. The molecule has 1 saturated heterocycles. The number of anilines is 1. The maximum atomic E-state index is 13.9. The van der Waals surface area contributed by atoms with Crippen LogP contribution in [0.25, 0.3) is 0 Å². The van der Waals surface area contributed by atoms with Gasteiger partial charge in [0.25, 0.3) is 0 Å². The van der Waals surface area contributed by atoms with Gasteiger partial charge in [0, 0.05) is 26.1 Å². The van der Waals surface area contributed by atoms with E-state index in [1.54, 1.807) is 25.1 Å². The van der Waals surface area contributed by atoms with E-state index in [1.165, 1.54) is 0 Å². The molecular weight excluding hydrogens is 433 g/mol. The standard InChI is InChI=1S/C24H27Cl2N3O2/c1-13(2)12-17-24(15-10-11-16(25)19(26)20(15)28-23(24)31)18(14-8-6-5-7-9-14)21(27-17)22(30)29(3)4/h5-11,13,17-18,21,27H,12H2,1-4H3,(H,28,31). The number of carbonyl (C=O) groups excluding carboxylic acids is 2. The van der Waals surface area contributed by atoms with Crippen molar-refractivity contribution in [3.8, 4) is 0 Å². The van der Waals surface area contributed by atoms with Crippen molar-refractivity contribution < 1.29 is 9.59 Å². The van der Waals surface area contributed by atoms with E-state index < -0.39 is 17.4 Å². The quantitative estimate of drug-likeness (QED) is 0.709. The van der Waals surface area contributed by atoms with Gasteiger partial charge in [-0.25, -0.2) is 0 Å². The zero-order valence-electron chi connectivity index (χ0n) is 18.1. The Kier molecular flexibility index (Phi) is 5.80. The van der Waals surface area contributed by atoms with E-state index in [1.807, 2.05) is 36.4 Å². The number of hydrogen-bond acceptors (Lipinski definition) is 3. The highest BCUT2D eigenvalue weighted by atomic mass is 35.5. The molecule has 0 aliphatic carbocycles. The second-order valence-corrected chi connectivity index (χ2v) is 9.84. The number of halogens is 2. The van der Waals surface area contributed by atoms with Crippen LogP contribution in [0.2, 0.25) is 10.0 Å². The molecule has 0 radical (unpaired) electrons. The first-order valence-electron chi connectivity index (χ1n) is 10.5. The van der Waals surface area contributed by atoms with Crippen LogP contribution in [0.3, 0.4) is 0 Å². The second kappa shape index (κ2) is 8.12. The van der Waals surface area contributed by atoms with E-state index in [-0.39, 0.29) is 17.9 Å². The van der Waals surface area contributed by atoms with Crippen molar-refractivity contribution in [3.05, 3.63) is 63.6 Å². The molecule has 1 spiro atoms. The van der Waals surface area contributed by atoms with E-state index in [9.17, 15) is 9.59 Å². The summed E-state index contributed by atoms with van der Waals surface area (Å²) in [6.07, 6.45) is 0.730. The Morgan fingerprint density at radius 2 is 1.81 bits per heavy atom. The van der Waals surface area contributed by atoms with Gasteiger partial charge < -0.3 is 15.5 Å². The molecule has 164 valence electrons. The van der Waals surface area contributed by atoms with Gasteiger partial charge in [-0.1, -0.05) is 73.4 Å². The van der Waals surface area contributed by atoms with E-state index in [0.29, 0.717) is 21.7 Å². The number of carbonyl (C=O) groups is 2. The first kappa shape index (κ1) is 22.1. The normalized spacial score (nSPS) is 26.9. The van der Waals surface area contributed by atoms with Gasteiger partial charge in [-0.15, -0.1) is 0 Å². The summed E-state index contributed by atoms with van der Waals surface area (Å²) < 4.78 is 0. The maximum Gasteiger partial charge on any atom is 0.239 e. The number of fused-ring (bicyclic) bond motifs is 2. The molecule has 4 atom stereocenters. The van der Waals surface area contributed by atoms with Gasteiger partial charge in [0.2, 0.25) is 11.8 Å². The third-order valence-electron chi connectivity index (χ3n) is 6.48. The number of benzene rings is 2. The Morgan fingerprint density at radius 3 is 2.42 bits per heavy atom. The molecule has 2 aromatic carbocycles. The van der Waals surface area contributed by atoms with Crippen LogP contribution in [0.1, 0.15) is 37.3 Å². The number of rotatable bonds is 4. The van der Waals surface area contributed by atoms with Crippen molar-refractivity contribution >= 4 is 40.7 Å². The van der Waals surface area contributed by atoms with Gasteiger partial charge in [-0.3, -0.25) is 9.59 Å². The van der Waals surface area contributed by atoms with E-state index in [4.69, 9.17) is 23.2 Å². The summed E-state index contributed by atoms with van der Waals surface area (Å²) >= 11 is 12.8. The fraction of sp³-hybridized carbons (Fsp3) is 0.417. The highest BCUT2D eigenvalue weighted by Crippen LogP contribution is 2.57. The fourth-order valence-electron chi connectivity index (χ4n) is 5.27. The van der Waals surface area contributed by atoms with E-state index in [2.05, 4.69) is 24.5 Å². The van der Waals surface area contributed by atoms with Crippen LogP contribution in [0.4, 0.5) is 5.69 Å². The van der Waals surface area contributed by atoms with E-state index >= 15 is 0 Å². The Balaban J connectivity index is 2.01. The van der Waals surface area contributed by atoms with Crippen molar-refractivity contribution in [1.82, 2.24) is 10.2 Å². The van der Waals surface area contributed by atoms with Crippen LogP contribution < -0.4 is 10.6 Å². The molecule has 2 N–H and O–H groups in total. The fourth-order valence-corrected chi connectivity index (χ4v) is 5.64. The van der Waals surface area contributed by atoms with Gasteiger partial charge in [0.05, 0.1) is 21.8 Å². The largest absolute Gasteiger partial charge is 0.347 e. The van der Waals surface area contributed by atoms with Gasteiger partial charge in [0.1, 0.15) is 5.41 Å². The number of amides is 2. The first-order valence-corrected chi connectivity index (χ1v) is 11.3. The summed E-state index contributed by atoms with van der Waals surface area (Å²) in [5, 5.41) is 7.30. The average molecular weight is 460 g/mol. The molecule has 1 fully saturated rings. The van der Waals surface area contributed by atoms with Crippen molar-refractivity contribution in [3.63, 3.8) is 0 Å². The van der Waals surface area contributed by atoms with Crippen molar-refractivity contribution in [1.29, 1.82) is 0 Å². The van der Waals surface area contributed by atoms with E-state index in [0.717, 1.165) is 17.5 Å². The lowest BCUT2D eigenvalue weighted by Crippen LogP contribution is -2.48. The van der Waals surface area contributed by atoms with Gasteiger partial charge in [-0.05, 0) is 29.5 Å². The third kappa shape index (κ3) is 3.34. The highest BCUT2D eigenvalue weighted by molar-refractivity contribution is 6.44. The molecule has 2 amide bonds. The highest BCUT2D eigenvalue weighted by Gasteiger charge is 2.65. The summed E-state index contributed by atoms with van der Waals surface area (Å²) in [6, 6.07) is 12.6. The first-order chi connectivity index (χ1) is 14.7. The number of nitrogens with one attached hydrogen (secondary N) is 2. The minimum Gasteiger partial charge on any atom is -0.347 e. The molecule has 2 aliphatic heterocycles. The lowest BCUT2D eigenvalue weighted by atomic mass is 9.63. The Bertz CT molecular complexity index is 1020. The zero-order chi connectivity index (χ0) is 22.5. The van der Waals surface area contributed by atoms with Crippen LogP contribution in [0, 0.1) is 5.92 Å². The maximum absolute atomic E-state index is 13.9. The minimum atomic E-state index is -0.981. The van der Waals surface area contributed by atoms with Crippen molar-refractivity contribution in [2.75, 3.05) is 19.4 Å². The lowest BCUT2D eigenvalue weighted by molar-refractivity contribution is -0.131. The van der Waals surface area contributed by atoms with Crippen LogP contribution in [-0.4, -0.2) is 42.9 Å². The molecule has 2 heterocycles. The number of hydrogen-bond donors (Lipinski definition) is 2. The zero-order valence-corrected chi connectivity index (χ0v) is 19.6. The minimum absolute atomic E-state index is 0.0548. The van der Waals surface area contributed by atoms with Crippen molar-refractivity contribution in [2.45, 2.75) is 43.7 Å². The summed E-state index contributed by atoms with van der Waals surface area (Å²) in [7, 11) is 3.49. The number of nitrogens with zero attached hydrogens (tertiary/aromatic N) is 1. The predicted molar refractivity (Wildman–Crippen MR) is 125 cm³/mol. The molecule has 0 aromatic heterocycles. The van der Waals surface area contributed by atoms with Crippen LogP contribution in [0.5, 0.6) is 0 Å². The molecule has 2 aromatic rings. The average Bonchev–Trinajstić information content (AvgIpc) is 3.21. The van der Waals surface area contributed by atoms with Crippen LogP contribution in [0.15, 0.2) is 42.5 Å². The third-order valence-corrected chi connectivity index (χ3v) is 7.29. The molecule has 4 unspecified atom stereocenters.